The summed E-state index contributed by atoms with van der Waals surface area (Å²) >= 11 is 1.83. The van der Waals surface area contributed by atoms with E-state index in [1.807, 2.05) is 11.3 Å². The third kappa shape index (κ3) is 6.09. The minimum Gasteiger partial charge on any atom is -0.309 e. The molecule has 1 aliphatic rings. The van der Waals surface area contributed by atoms with E-state index in [9.17, 15) is 0 Å². The van der Waals surface area contributed by atoms with Gasteiger partial charge in [-0.15, -0.1) is 11.3 Å². The van der Waals surface area contributed by atoms with Gasteiger partial charge >= 0.3 is 0 Å². The summed E-state index contributed by atoms with van der Waals surface area (Å²) < 4.78 is 7.18. The fraction of sp³-hybridized carbons (Fsp3) is 0.0308. The van der Waals surface area contributed by atoms with Crippen LogP contribution in [0, 0.1) is 6.92 Å². The standard InChI is InChI=1S/C65H43N3S/c1-40-17-6-7-21-47(40)64(55-28-15-27-53-52-23-10-13-32-61(52)69-65(53)55)66-41(2)67-57-29-11-8-22-50(57)51-36-35-44(39-60(51)67)48-25-14-18-45-37-42-33-34-43(38-56(42)62(45)48)49-26-16-31-59-63(49)54-24-9-12-30-58(54)68(59)46-19-4-3-5-20-46/h3-36,38-39H,2,37H2,1H3/b66-64+. The molecule has 3 nitrogen and oxygen atoms in total. The van der Waals surface area contributed by atoms with Crippen LogP contribution in [-0.2, 0) is 6.42 Å². The molecule has 0 atom stereocenters. The Morgan fingerprint density at radius 2 is 1.13 bits per heavy atom. The molecule has 13 aromatic rings. The van der Waals surface area contributed by atoms with Crippen molar-refractivity contribution in [1.82, 2.24) is 9.13 Å². The second-order valence-electron chi connectivity index (χ2n) is 18.3. The molecule has 0 aliphatic heterocycles. The Morgan fingerprint density at radius 1 is 0.478 bits per heavy atom. The number of aliphatic imine (C=N–C) groups is 1. The van der Waals surface area contributed by atoms with Gasteiger partial charge in [0.25, 0.3) is 0 Å². The molecule has 14 rings (SSSR count). The Balaban J connectivity index is 0.931. The summed E-state index contributed by atoms with van der Waals surface area (Å²) in [5.74, 6) is 0.672. The molecule has 1 aliphatic carbocycles. The fourth-order valence-electron chi connectivity index (χ4n) is 11.4. The molecule has 0 radical (unpaired) electrons. The molecule has 0 bridgehead atoms. The lowest BCUT2D eigenvalue weighted by atomic mass is 9.91. The van der Waals surface area contributed by atoms with Gasteiger partial charge in [0.15, 0.2) is 0 Å². The highest BCUT2D eigenvalue weighted by atomic mass is 32.1. The molecule has 4 heteroatoms. The zero-order valence-corrected chi connectivity index (χ0v) is 38.8. The first-order chi connectivity index (χ1) is 34.1. The molecular weight excluding hydrogens is 855 g/mol. The highest BCUT2D eigenvalue weighted by Crippen LogP contribution is 2.47. The van der Waals surface area contributed by atoms with Gasteiger partial charge in [-0.05, 0) is 112 Å². The zero-order chi connectivity index (χ0) is 45.7. The molecular formula is C65H43N3S. The van der Waals surface area contributed by atoms with E-state index in [0.29, 0.717) is 5.82 Å². The molecule has 324 valence electrons. The van der Waals surface area contributed by atoms with Gasteiger partial charge < -0.3 is 4.57 Å². The van der Waals surface area contributed by atoms with E-state index in [0.717, 1.165) is 40.0 Å². The number of nitrogens with zero attached hydrogens (tertiary/aromatic N) is 3. The Bertz CT molecular complexity index is 4310. The van der Waals surface area contributed by atoms with Crippen molar-refractivity contribution in [3.05, 3.63) is 253 Å². The fourth-order valence-corrected chi connectivity index (χ4v) is 12.6. The molecule has 0 unspecified atom stereocenters. The molecule has 0 spiro atoms. The smallest absolute Gasteiger partial charge is 0.131 e. The number of para-hydroxylation sites is 3. The highest BCUT2D eigenvalue weighted by Gasteiger charge is 2.25. The van der Waals surface area contributed by atoms with Crippen molar-refractivity contribution >= 4 is 86.7 Å². The summed E-state index contributed by atoms with van der Waals surface area (Å²) in [4.78, 5) is 5.62. The van der Waals surface area contributed by atoms with Gasteiger partial charge in [0.1, 0.15) is 5.82 Å². The molecule has 0 amide bonds. The van der Waals surface area contributed by atoms with Crippen molar-refractivity contribution < 1.29 is 0 Å². The van der Waals surface area contributed by atoms with Crippen molar-refractivity contribution in [3.8, 4) is 39.1 Å². The van der Waals surface area contributed by atoms with E-state index in [4.69, 9.17) is 11.6 Å². The zero-order valence-electron chi connectivity index (χ0n) is 37.9. The van der Waals surface area contributed by atoms with Crippen LogP contribution in [0.15, 0.2) is 230 Å². The maximum atomic E-state index is 5.62. The summed E-state index contributed by atoms with van der Waals surface area (Å²) in [6.07, 6.45) is 0.901. The molecule has 69 heavy (non-hydrogen) atoms. The Hall–Kier alpha value is -8.57. The van der Waals surface area contributed by atoms with Crippen LogP contribution in [0.4, 0.5) is 0 Å². The minimum absolute atomic E-state index is 0.672. The molecule has 3 aromatic heterocycles. The number of hydrogen-bond acceptors (Lipinski definition) is 2. The predicted octanol–water partition coefficient (Wildman–Crippen LogP) is 17.4. The molecule has 0 saturated heterocycles. The molecule has 0 saturated carbocycles. The molecule has 3 heterocycles. The van der Waals surface area contributed by atoms with E-state index in [1.54, 1.807) is 0 Å². The van der Waals surface area contributed by atoms with Crippen LogP contribution < -0.4 is 0 Å². The Labute approximate surface area is 403 Å². The van der Waals surface area contributed by atoms with Crippen LogP contribution in [0.2, 0.25) is 0 Å². The number of hydrogen-bond donors (Lipinski definition) is 0. The van der Waals surface area contributed by atoms with E-state index in [-0.39, 0.29) is 0 Å². The van der Waals surface area contributed by atoms with E-state index >= 15 is 0 Å². The predicted molar refractivity (Wildman–Crippen MR) is 294 cm³/mol. The number of thiophene rings is 1. The number of fused-ring (bicyclic) bond motifs is 12. The van der Waals surface area contributed by atoms with E-state index in [1.165, 1.54) is 103 Å². The second kappa shape index (κ2) is 15.5. The maximum Gasteiger partial charge on any atom is 0.131 e. The SMILES string of the molecule is C=C(/N=C(\c1ccccc1C)c1cccc2c1sc1ccccc12)n1c2ccccc2c2ccc(-c3cccc4c3-c3cc(-c5cccc6c5c5ccccc5n6-c5ccccc5)ccc3C4)cc21. The van der Waals surface area contributed by atoms with E-state index in [2.05, 4.69) is 234 Å². The lowest BCUT2D eigenvalue weighted by molar-refractivity contribution is 1.18. The van der Waals surface area contributed by atoms with Gasteiger partial charge in [0.2, 0.25) is 0 Å². The van der Waals surface area contributed by atoms with Crippen LogP contribution in [0.3, 0.4) is 0 Å². The lowest BCUT2D eigenvalue weighted by Crippen LogP contribution is -2.08. The lowest BCUT2D eigenvalue weighted by Gasteiger charge is -2.15. The van der Waals surface area contributed by atoms with Crippen LogP contribution in [-0.4, -0.2) is 14.8 Å². The summed E-state index contributed by atoms with van der Waals surface area (Å²) in [6.45, 7) is 6.98. The monoisotopic (exact) mass is 897 g/mol. The minimum atomic E-state index is 0.672. The third-order valence-electron chi connectivity index (χ3n) is 14.5. The summed E-state index contributed by atoms with van der Waals surface area (Å²) in [7, 11) is 0. The largest absolute Gasteiger partial charge is 0.309 e. The highest BCUT2D eigenvalue weighted by molar-refractivity contribution is 7.26. The molecule has 0 N–H and O–H groups in total. The van der Waals surface area contributed by atoms with Crippen molar-refractivity contribution in [2.24, 2.45) is 4.99 Å². The van der Waals surface area contributed by atoms with Crippen LogP contribution >= 0.6 is 11.3 Å². The first kappa shape index (κ1) is 39.6. The number of aryl methyl sites for hydroxylation is 1. The van der Waals surface area contributed by atoms with Crippen molar-refractivity contribution in [2.75, 3.05) is 0 Å². The second-order valence-corrected chi connectivity index (χ2v) is 19.4. The maximum absolute atomic E-state index is 5.62. The molecule has 10 aromatic carbocycles. The van der Waals surface area contributed by atoms with Crippen LogP contribution in [0.5, 0.6) is 0 Å². The number of benzene rings is 10. The number of rotatable bonds is 7. The van der Waals surface area contributed by atoms with Gasteiger partial charge in [-0.2, -0.15) is 0 Å². The summed E-state index contributed by atoms with van der Waals surface area (Å²) in [5, 5.41) is 7.40. The van der Waals surface area contributed by atoms with Gasteiger partial charge in [-0.3, -0.25) is 4.57 Å². The van der Waals surface area contributed by atoms with Crippen molar-refractivity contribution in [1.29, 1.82) is 0 Å². The first-order valence-corrected chi connectivity index (χ1v) is 24.5. The van der Waals surface area contributed by atoms with Crippen molar-refractivity contribution in [2.45, 2.75) is 13.3 Å². The van der Waals surface area contributed by atoms with E-state index < -0.39 is 0 Å². The average molecular weight is 898 g/mol. The average Bonchev–Trinajstić information content (AvgIpc) is 4.16. The van der Waals surface area contributed by atoms with Crippen molar-refractivity contribution in [3.63, 3.8) is 0 Å². The topological polar surface area (TPSA) is 22.2 Å². The number of aromatic nitrogens is 2. The summed E-state index contributed by atoms with van der Waals surface area (Å²) in [5.41, 5.74) is 20.2. The van der Waals surface area contributed by atoms with Gasteiger partial charge in [-0.25, -0.2) is 4.99 Å². The Kier molecular flexibility index (Phi) is 8.89. The normalized spacial score (nSPS) is 12.5. The van der Waals surface area contributed by atoms with Gasteiger partial charge in [0.05, 0.1) is 27.8 Å². The van der Waals surface area contributed by atoms with Crippen LogP contribution in [0.25, 0.3) is 109 Å². The Morgan fingerprint density at radius 3 is 2.01 bits per heavy atom. The third-order valence-corrected chi connectivity index (χ3v) is 15.7. The van der Waals surface area contributed by atoms with Crippen LogP contribution in [0.1, 0.15) is 27.8 Å². The molecule has 0 fully saturated rings. The van der Waals surface area contributed by atoms with Gasteiger partial charge in [-0.1, -0.05) is 176 Å². The van der Waals surface area contributed by atoms with Gasteiger partial charge in [0, 0.05) is 58.5 Å². The quantitative estimate of drug-likeness (QED) is 0.142. The summed E-state index contributed by atoms with van der Waals surface area (Å²) in [6, 6.07) is 79.9. The first-order valence-electron chi connectivity index (χ1n) is 23.7.